The number of para-hydroxylation sites is 1. The van der Waals surface area contributed by atoms with Gasteiger partial charge in [0.1, 0.15) is 11.9 Å². The van der Waals surface area contributed by atoms with Gasteiger partial charge in [-0.3, -0.25) is 0 Å². The zero-order valence-corrected chi connectivity index (χ0v) is 12.6. The van der Waals surface area contributed by atoms with Crippen LogP contribution in [0.3, 0.4) is 0 Å². The number of thiazole rings is 1. The molecule has 3 aromatic rings. The monoisotopic (exact) mass is 302 g/mol. The van der Waals surface area contributed by atoms with E-state index in [0.29, 0.717) is 12.3 Å². The standard InChI is InChI=1S/C16H18N2O2S/c1-11(17-10-13(19)14-6-4-8-20-14)9-16-18-12-5-2-3-7-15(12)21-16/h2-8,11,13,17,19H,9-10H2,1H3/t11-,13-/m0/s1. The number of hydrogen-bond acceptors (Lipinski definition) is 5. The first kappa shape index (κ1) is 14.3. The number of aliphatic hydroxyl groups excluding tert-OH is 1. The first-order chi connectivity index (χ1) is 10.2. The van der Waals surface area contributed by atoms with E-state index in [2.05, 4.69) is 23.3 Å². The van der Waals surface area contributed by atoms with Crippen LogP contribution in [-0.2, 0) is 6.42 Å². The van der Waals surface area contributed by atoms with Gasteiger partial charge in [0, 0.05) is 19.0 Å². The summed E-state index contributed by atoms with van der Waals surface area (Å²) >= 11 is 1.73. The topological polar surface area (TPSA) is 58.3 Å². The Morgan fingerprint density at radius 3 is 2.90 bits per heavy atom. The van der Waals surface area contributed by atoms with Crippen LogP contribution in [-0.4, -0.2) is 22.7 Å². The van der Waals surface area contributed by atoms with Crippen molar-refractivity contribution in [3.8, 4) is 0 Å². The fraction of sp³-hybridized carbons (Fsp3) is 0.312. The molecule has 3 rings (SSSR count). The van der Waals surface area contributed by atoms with Gasteiger partial charge in [0.15, 0.2) is 0 Å². The molecule has 1 aromatic carbocycles. The van der Waals surface area contributed by atoms with Crippen molar-refractivity contribution in [3.05, 3.63) is 53.4 Å². The zero-order chi connectivity index (χ0) is 14.7. The molecule has 0 unspecified atom stereocenters. The third kappa shape index (κ3) is 3.50. The summed E-state index contributed by atoms with van der Waals surface area (Å²) in [7, 11) is 0. The van der Waals surface area contributed by atoms with Crippen molar-refractivity contribution in [2.75, 3.05) is 6.54 Å². The van der Waals surface area contributed by atoms with E-state index in [1.165, 1.54) is 4.70 Å². The Hall–Kier alpha value is -1.69. The second-order valence-electron chi connectivity index (χ2n) is 5.12. The second-order valence-corrected chi connectivity index (χ2v) is 6.24. The summed E-state index contributed by atoms with van der Waals surface area (Å²) in [4.78, 5) is 4.63. The van der Waals surface area contributed by atoms with Gasteiger partial charge in [-0.2, -0.15) is 0 Å². The molecule has 2 heterocycles. The molecule has 0 fully saturated rings. The first-order valence-electron chi connectivity index (χ1n) is 7.01. The lowest BCUT2D eigenvalue weighted by atomic mass is 10.2. The molecular formula is C16H18N2O2S. The van der Waals surface area contributed by atoms with E-state index >= 15 is 0 Å². The summed E-state index contributed by atoms with van der Waals surface area (Å²) < 4.78 is 6.40. The molecule has 0 saturated carbocycles. The molecule has 0 saturated heterocycles. The molecule has 2 N–H and O–H groups in total. The van der Waals surface area contributed by atoms with Gasteiger partial charge in [-0.15, -0.1) is 11.3 Å². The van der Waals surface area contributed by atoms with Crippen molar-refractivity contribution in [2.24, 2.45) is 0 Å². The molecule has 0 amide bonds. The maximum atomic E-state index is 9.97. The third-order valence-corrected chi connectivity index (χ3v) is 4.41. The predicted molar refractivity (Wildman–Crippen MR) is 84.5 cm³/mol. The van der Waals surface area contributed by atoms with Gasteiger partial charge >= 0.3 is 0 Å². The number of furan rings is 1. The summed E-state index contributed by atoms with van der Waals surface area (Å²) in [6.07, 6.45) is 1.81. The molecule has 0 spiro atoms. The fourth-order valence-corrected chi connectivity index (χ4v) is 3.33. The molecule has 2 aromatic heterocycles. The van der Waals surface area contributed by atoms with Crippen LogP contribution < -0.4 is 5.32 Å². The number of fused-ring (bicyclic) bond motifs is 1. The first-order valence-corrected chi connectivity index (χ1v) is 7.83. The molecular weight excluding hydrogens is 284 g/mol. The molecule has 21 heavy (non-hydrogen) atoms. The van der Waals surface area contributed by atoms with Gasteiger partial charge in [0.2, 0.25) is 0 Å². The average molecular weight is 302 g/mol. The zero-order valence-electron chi connectivity index (χ0n) is 11.8. The van der Waals surface area contributed by atoms with Crippen LogP contribution >= 0.6 is 11.3 Å². The lowest BCUT2D eigenvalue weighted by Gasteiger charge is -2.14. The minimum atomic E-state index is -0.613. The van der Waals surface area contributed by atoms with Crippen molar-refractivity contribution in [2.45, 2.75) is 25.5 Å². The SMILES string of the molecule is C[C@@H](Cc1nc2ccccc2s1)NC[C@H](O)c1ccco1. The van der Waals surface area contributed by atoms with Crippen molar-refractivity contribution in [1.82, 2.24) is 10.3 Å². The van der Waals surface area contributed by atoms with E-state index in [1.54, 1.807) is 29.7 Å². The molecule has 0 aliphatic carbocycles. The van der Waals surface area contributed by atoms with E-state index < -0.39 is 6.10 Å². The number of benzene rings is 1. The van der Waals surface area contributed by atoms with Crippen LogP contribution in [0.15, 0.2) is 47.1 Å². The highest BCUT2D eigenvalue weighted by Crippen LogP contribution is 2.22. The molecule has 2 atom stereocenters. The summed E-state index contributed by atoms with van der Waals surface area (Å²) in [6.45, 7) is 2.57. The molecule has 0 bridgehead atoms. The molecule has 0 radical (unpaired) electrons. The fourth-order valence-electron chi connectivity index (χ4n) is 2.24. The molecule has 0 aliphatic heterocycles. The predicted octanol–water partition coefficient (Wildman–Crippen LogP) is 3.14. The van der Waals surface area contributed by atoms with Crippen molar-refractivity contribution in [3.63, 3.8) is 0 Å². The minimum absolute atomic E-state index is 0.246. The van der Waals surface area contributed by atoms with Crippen LogP contribution in [0.25, 0.3) is 10.2 Å². The summed E-state index contributed by atoms with van der Waals surface area (Å²) in [5, 5.41) is 14.4. The summed E-state index contributed by atoms with van der Waals surface area (Å²) in [5.41, 5.74) is 1.06. The maximum absolute atomic E-state index is 9.97. The Bertz CT molecular complexity index is 660. The molecule has 4 nitrogen and oxygen atoms in total. The quantitative estimate of drug-likeness (QED) is 0.734. The molecule has 5 heteroatoms. The number of aliphatic hydroxyl groups is 1. The molecule has 0 aliphatic rings. The van der Waals surface area contributed by atoms with E-state index in [0.717, 1.165) is 16.9 Å². The number of nitrogens with one attached hydrogen (secondary N) is 1. The highest BCUT2D eigenvalue weighted by Gasteiger charge is 2.13. The van der Waals surface area contributed by atoms with E-state index in [-0.39, 0.29) is 6.04 Å². The van der Waals surface area contributed by atoms with Crippen molar-refractivity contribution >= 4 is 21.6 Å². The summed E-state index contributed by atoms with van der Waals surface area (Å²) in [6, 6.07) is 12.0. The lowest BCUT2D eigenvalue weighted by molar-refractivity contribution is 0.144. The number of rotatable bonds is 6. The number of hydrogen-bond donors (Lipinski definition) is 2. The normalized spacial score (nSPS) is 14.4. The Kier molecular flexibility index (Phi) is 4.34. The maximum Gasteiger partial charge on any atom is 0.133 e. The Morgan fingerprint density at radius 1 is 1.29 bits per heavy atom. The van der Waals surface area contributed by atoms with Gasteiger partial charge in [0.05, 0.1) is 21.5 Å². The van der Waals surface area contributed by atoms with E-state index in [9.17, 15) is 5.11 Å². The van der Waals surface area contributed by atoms with Crippen molar-refractivity contribution < 1.29 is 9.52 Å². The smallest absolute Gasteiger partial charge is 0.133 e. The summed E-state index contributed by atoms with van der Waals surface area (Å²) in [5.74, 6) is 0.592. The average Bonchev–Trinajstić information content (AvgIpc) is 3.13. The number of nitrogens with zero attached hydrogens (tertiary/aromatic N) is 1. The Morgan fingerprint density at radius 2 is 2.14 bits per heavy atom. The van der Waals surface area contributed by atoms with E-state index in [1.807, 2.05) is 18.2 Å². The van der Waals surface area contributed by atoms with Gasteiger partial charge in [0.25, 0.3) is 0 Å². The van der Waals surface area contributed by atoms with Crippen molar-refractivity contribution in [1.29, 1.82) is 0 Å². The van der Waals surface area contributed by atoms with Crippen LogP contribution in [0, 0.1) is 0 Å². The van der Waals surface area contributed by atoms with Gasteiger partial charge in [-0.25, -0.2) is 4.98 Å². The van der Waals surface area contributed by atoms with Crippen LogP contribution in [0.1, 0.15) is 23.8 Å². The molecule has 110 valence electrons. The van der Waals surface area contributed by atoms with E-state index in [4.69, 9.17) is 4.42 Å². The van der Waals surface area contributed by atoms with Crippen LogP contribution in [0.2, 0.25) is 0 Å². The van der Waals surface area contributed by atoms with Gasteiger partial charge < -0.3 is 14.8 Å². The highest BCUT2D eigenvalue weighted by atomic mass is 32.1. The Balaban J connectivity index is 1.55. The number of aromatic nitrogens is 1. The van der Waals surface area contributed by atoms with Crippen LogP contribution in [0.4, 0.5) is 0 Å². The highest BCUT2D eigenvalue weighted by molar-refractivity contribution is 7.18. The second kappa shape index (κ2) is 6.39. The third-order valence-electron chi connectivity index (χ3n) is 3.35. The largest absolute Gasteiger partial charge is 0.467 e. The van der Waals surface area contributed by atoms with Gasteiger partial charge in [-0.05, 0) is 31.2 Å². The lowest BCUT2D eigenvalue weighted by Crippen LogP contribution is -2.31. The van der Waals surface area contributed by atoms with Crippen LogP contribution in [0.5, 0.6) is 0 Å². The van der Waals surface area contributed by atoms with Gasteiger partial charge in [-0.1, -0.05) is 12.1 Å². The Labute approximate surface area is 127 Å². The minimum Gasteiger partial charge on any atom is -0.467 e.